The van der Waals surface area contributed by atoms with Crippen LogP contribution in [0, 0.1) is 12.3 Å². The first-order chi connectivity index (χ1) is 7.20. The quantitative estimate of drug-likeness (QED) is 0.421. The third-order valence-electron chi connectivity index (χ3n) is 1.66. The molecule has 0 atom stereocenters. The zero-order valence-electron chi connectivity index (χ0n) is 8.94. The van der Waals surface area contributed by atoms with Crippen molar-refractivity contribution in [3.8, 4) is 12.3 Å². The molecule has 0 aliphatic rings. The summed E-state index contributed by atoms with van der Waals surface area (Å²) in [6.07, 6.45) is 5.11. The van der Waals surface area contributed by atoms with Crippen LogP contribution in [0.25, 0.3) is 0 Å². The molecule has 0 radical (unpaired) electrons. The summed E-state index contributed by atoms with van der Waals surface area (Å²) in [5, 5.41) is 8.58. The van der Waals surface area contributed by atoms with Crippen molar-refractivity contribution in [1.82, 2.24) is 4.90 Å². The summed E-state index contributed by atoms with van der Waals surface area (Å²) in [4.78, 5) is 12.1. The van der Waals surface area contributed by atoms with Crippen LogP contribution >= 0.6 is 0 Å². The van der Waals surface area contributed by atoms with E-state index >= 15 is 0 Å². The molecule has 0 saturated heterocycles. The van der Waals surface area contributed by atoms with Crippen molar-refractivity contribution in [3.05, 3.63) is 0 Å². The van der Waals surface area contributed by atoms with Crippen LogP contribution in [0.4, 0.5) is 0 Å². The van der Waals surface area contributed by atoms with Crippen molar-refractivity contribution < 1.29 is 19.4 Å². The lowest BCUT2D eigenvalue weighted by Gasteiger charge is -2.16. The summed E-state index contributed by atoms with van der Waals surface area (Å²) in [5.41, 5.74) is 0. The lowest BCUT2D eigenvalue weighted by molar-refractivity contribution is -0.138. The van der Waals surface area contributed by atoms with Gasteiger partial charge in [-0.3, -0.25) is 9.69 Å². The molecule has 86 valence electrons. The van der Waals surface area contributed by atoms with Gasteiger partial charge < -0.3 is 14.6 Å². The highest BCUT2D eigenvalue weighted by molar-refractivity contribution is 5.69. The van der Waals surface area contributed by atoms with Crippen LogP contribution in [0.1, 0.15) is 0 Å². The fourth-order valence-electron chi connectivity index (χ4n) is 0.972. The molecule has 0 rings (SSSR count). The number of aliphatic carboxylic acids is 1. The number of terminal acetylenes is 1. The van der Waals surface area contributed by atoms with Crippen LogP contribution in [-0.2, 0) is 14.3 Å². The first-order valence-electron chi connectivity index (χ1n) is 4.65. The highest BCUT2D eigenvalue weighted by atomic mass is 16.5. The maximum absolute atomic E-state index is 10.4. The monoisotopic (exact) mass is 215 g/mol. The van der Waals surface area contributed by atoms with Gasteiger partial charge in [-0.1, -0.05) is 5.92 Å². The van der Waals surface area contributed by atoms with Gasteiger partial charge in [0.1, 0.15) is 0 Å². The smallest absolute Gasteiger partial charge is 0.317 e. The van der Waals surface area contributed by atoms with E-state index in [0.717, 1.165) is 0 Å². The number of carbonyl (C=O) groups is 1. The Hall–Kier alpha value is -1.09. The number of ether oxygens (including phenoxy) is 2. The molecule has 0 aliphatic carbocycles. The summed E-state index contributed by atoms with van der Waals surface area (Å²) >= 11 is 0. The van der Waals surface area contributed by atoms with Crippen molar-refractivity contribution in [2.24, 2.45) is 0 Å². The second-order valence-electron chi connectivity index (χ2n) is 2.91. The van der Waals surface area contributed by atoms with E-state index in [-0.39, 0.29) is 6.54 Å². The Balaban J connectivity index is 3.57. The van der Waals surface area contributed by atoms with Gasteiger partial charge in [0.05, 0.1) is 32.9 Å². The first-order valence-corrected chi connectivity index (χ1v) is 4.65. The molecule has 0 spiro atoms. The maximum Gasteiger partial charge on any atom is 0.317 e. The van der Waals surface area contributed by atoms with Crippen molar-refractivity contribution in [2.75, 3.05) is 46.6 Å². The number of methoxy groups -OCH3 is 1. The van der Waals surface area contributed by atoms with Crippen LogP contribution in [0.15, 0.2) is 0 Å². The molecule has 0 aromatic carbocycles. The van der Waals surface area contributed by atoms with Crippen LogP contribution in [0.5, 0.6) is 0 Å². The molecule has 0 amide bonds. The number of rotatable bonds is 9. The van der Waals surface area contributed by atoms with E-state index in [0.29, 0.717) is 32.9 Å². The Morgan fingerprint density at radius 2 is 2.20 bits per heavy atom. The zero-order valence-corrected chi connectivity index (χ0v) is 8.94. The van der Waals surface area contributed by atoms with E-state index in [2.05, 4.69) is 5.92 Å². The molecular weight excluding hydrogens is 198 g/mol. The van der Waals surface area contributed by atoms with Gasteiger partial charge in [0, 0.05) is 13.7 Å². The lowest BCUT2D eigenvalue weighted by atomic mass is 10.4. The molecule has 15 heavy (non-hydrogen) atoms. The van der Waals surface area contributed by atoms with Gasteiger partial charge in [-0.15, -0.1) is 6.42 Å². The Bertz CT molecular complexity index is 212. The number of hydrogen-bond donors (Lipinski definition) is 1. The second kappa shape index (κ2) is 9.46. The lowest BCUT2D eigenvalue weighted by Crippen LogP contribution is -2.33. The topological polar surface area (TPSA) is 59.0 Å². The molecule has 0 saturated carbocycles. The molecular formula is C10H17NO4. The Morgan fingerprint density at radius 1 is 1.47 bits per heavy atom. The zero-order chi connectivity index (χ0) is 11.5. The Morgan fingerprint density at radius 3 is 2.73 bits per heavy atom. The number of hydrogen-bond acceptors (Lipinski definition) is 4. The predicted molar refractivity (Wildman–Crippen MR) is 55.6 cm³/mol. The van der Waals surface area contributed by atoms with Crippen LogP contribution < -0.4 is 0 Å². The van der Waals surface area contributed by atoms with Gasteiger partial charge in [-0.25, -0.2) is 0 Å². The maximum atomic E-state index is 10.4. The summed E-state index contributed by atoms with van der Waals surface area (Å²) < 4.78 is 10.0. The highest BCUT2D eigenvalue weighted by Gasteiger charge is 2.07. The third-order valence-corrected chi connectivity index (χ3v) is 1.66. The highest BCUT2D eigenvalue weighted by Crippen LogP contribution is 1.88. The van der Waals surface area contributed by atoms with Gasteiger partial charge in [0.2, 0.25) is 0 Å². The molecule has 1 N–H and O–H groups in total. The van der Waals surface area contributed by atoms with Crippen molar-refractivity contribution in [3.63, 3.8) is 0 Å². The molecule has 0 bridgehead atoms. The van der Waals surface area contributed by atoms with E-state index in [1.54, 1.807) is 12.0 Å². The minimum absolute atomic E-state index is 0.0577. The third kappa shape index (κ3) is 9.22. The average molecular weight is 215 g/mol. The molecule has 0 fully saturated rings. The Kier molecular flexibility index (Phi) is 8.78. The number of carboxylic acids is 1. The molecule has 0 aromatic heterocycles. The van der Waals surface area contributed by atoms with Crippen molar-refractivity contribution in [1.29, 1.82) is 0 Å². The van der Waals surface area contributed by atoms with Crippen LogP contribution in [0.3, 0.4) is 0 Å². The molecule has 0 aromatic rings. The minimum atomic E-state index is -0.887. The van der Waals surface area contributed by atoms with Gasteiger partial charge in [-0.2, -0.15) is 0 Å². The molecule has 0 unspecified atom stereocenters. The van der Waals surface area contributed by atoms with E-state index in [1.165, 1.54) is 0 Å². The van der Waals surface area contributed by atoms with Gasteiger partial charge in [-0.05, 0) is 0 Å². The fourth-order valence-corrected chi connectivity index (χ4v) is 0.972. The van der Waals surface area contributed by atoms with Crippen molar-refractivity contribution >= 4 is 5.97 Å². The molecule has 0 heterocycles. The standard InChI is InChI=1S/C10H17NO4/c1-3-4-11(9-10(12)13)5-6-15-8-7-14-2/h1H,4-9H2,2H3,(H,12,13). The second-order valence-corrected chi connectivity index (χ2v) is 2.91. The van der Waals surface area contributed by atoms with Gasteiger partial charge in [0.25, 0.3) is 0 Å². The van der Waals surface area contributed by atoms with Gasteiger partial charge in [0.15, 0.2) is 0 Å². The summed E-state index contributed by atoms with van der Waals surface area (Å²) in [5.74, 6) is 1.52. The summed E-state index contributed by atoms with van der Waals surface area (Å²) in [7, 11) is 1.60. The fraction of sp³-hybridized carbons (Fsp3) is 0.700. The van der Waals surface area contributed by atoms with E-state index < -0.39 is 5.97 Å². The van der Waals surface area contributed by atoms with E-state index in [1.807, 2.05) is 0 Å². The largest absolute Gasteiger partial charge is 0.480 e. The summed E-state index contributed by atoms with van der Waals surface area (Å²) in [6.45, 7) is 2.28. The minimum Gasteiger partial charge on any atom is -0.480 e. The van der Waals surface area contributed by atoms with Crippen molar-refractivity contribution in [2.45, 2.75) is 0 Å². The van der Waals surface area contributed by atoms with E-state index in [9.17, 15) is 4.79 Å². The van der Waals surface area contributed by atoms with Crippen LogP contribution in [0.2, 0.25) is 0 Å². The first kappa shape index (κ1) is 13.9. The SMILES string of the molecule is C#CCN(CCOCCOC)CC(=O)O. The molecule has 5 nitrogen and oxygen atoms in total. The molecule has 0 aliphatic heterocycles. The van der Waals surface area contributed by atoms with Gasteiger partial charge >= 0.3 is 5.97 Å². The predicted octanol–water partition coefficient (Wildman–Crippen LogP) is -0.331. The number of nitrogens with zero attached hydrogens (tertiary/aromatic N) is 1. The average Bonchev–Trinajstić information content (AvgIpc) is 2.17. The Labute approximate surface area is 90.0 Å². The normalized spacial score (nSPS) is 10.2. The van der Waals surface area contributed by atoms with Crippen LogP contribution in [-0.4, -0.2) is 62.5 Å². The molecule has 5 heteroatoms. The van der Waals surface area contributed by atoms with E-state index in [4.69, 9.17) is 21.0 Å². The summed E-state index contributed by atoms with van der Waals surface area (Å²) in [6, 6.07) is 0. The number of carboxylic acid groups (broad SMARTS) is 1.